The molecule has 128 valence electrons. The molecule has 3 N–H and O–H groups in total. The minimum absolute atomic E-state index is 0.0851. The fourth-order valence-corrected chi connectivity index (χ4v) is 2.80. The van der Waals surface area contributed by atoms with E-state index in [1.165, 1.54) is 6.92 Å². The summed E-state index contributed by atoms with van der Waals surface area (Å²) in [6.45, 7) is 2.92. The quantitative estimate of drug-likeness (QED) is 0.725. The summed E-state index contributed by atoms with van der Waals surface area (Å²) in [4.78, 5) is 11.0. The molecular formula is C16H22N6O2. The van der Waals surface area contributed by atoms with Crippen LogP contribution in [0, 0.1) is 0 Å². The van der Waals surface area contributed by atoms with E-state index in [1.54, 1.807) is 7.11 Å². The number of ether oxygens (including phenoxy) is 1. The van der Waals surface area contributed by atoms with Crippen molar-refractivity contribution in [2.75, 3.05) is 19.0 Å². The standard InChI is InChI=1S/C16H22N6O2/c1-11(23)17-13-5-3-12(4-6-13)16-9-22(21-20-16)8-14-7-15(10-24-2)19-18-14/h3-6,9,14-15,18-19H,7-8,10H2,1-2H3,(H,17,23). The summed E-state index contributed by atoms with van der Waals surface area (Å²) in [6, 6.07) is 8.17. The summed E-state index contributed by atoms with van der Waals surface area (Å²) >= 11 is 0. The first-order valence-corrected chi connectivity index (χ1v) is 7.92. The van der Waals surface area contributed by atoms with Gasteiger partial charge in [0.1, 0.15) is 5.69 Å². The van der Waals surface area contributed by atoms with Gasteiger partial charge in [-0.2, -0.15) is 0 Å². The SMILES string of the molecule is COCC1CC(Cn2cc(-c3ccc(NC(C)=O)cc3)nn2)NN1. The van der Waals surface area contributed by atoms with Crippen LogP contribution in [0.15, 0.2) is 30.5 Å². The number of hydrazine groups is 1. The van der Waals surface area contributed by atoms with Gasteiger partial charge in [0.2, 0.25) is 5.91 Å². The summed E-state index contributed by atoms with van der Waals surface area (Å²) < 4.78 is 7.00. The van der Waals surface area contributed by atoms with Gasteiger partial charge in [0.15, 0.2) is 0 Å². The lowest BCUT2D eigenvalue weighted by Gasteiger charge is -2.08. The second-order valence-corrected chi connectivity index (χ2v) is 5.96. The number of aromatic nitrogens is 3. The lowest BCUT2D eigenvalue weighted by molar-refractivity contribution is -0.114. The molecule has 1 aliphatic rings. The molecule has 0 radical (unpaired) electrons. The van der Waals surface area contributed by atoms with Crippen molar-refractivity contribution in [2.24, 2.45) is 0 Å². The van der Waals surface area contributed by atoms with Gasteiger partial charge in [-0.3, -0.25) is 20.3 Å². The van der Waals surface area contributed by atoms with Crippen molar-refractivity contribution in [1.82, 2.24) is 25.8 Å². The number of carbonyl (C=O) groups excluding carboxylic acids is 1. The van der Waals surface area contributed by atoms with E-state index in [0.717, 1.165) is 29.9 Å². The summed E-state index contributed by atoms with van der Waals surface area (Å²) in [5.41, 5.74) is 9.01. The molecule has 1 aliphatic heterocycles. The molecule has 1 amide bonds. The van der Waals surface area contributed by atoms with Gasteiger partial charge in [0, 0.05) is 37.4 Å². The molecule has 3 rings (SSSR count). The highest BCUT2D eigenvalue weighted by atomic mass is 16.5. The molecule has 0 saturated carbocycles. The fourth-order valence-electron chi connectivity index (χ4n) is 2.80. The Bertz CT molecular complexity index is 684. The lowest BCUT2D eigenvalue weighted by atomic mass is 10.1. The van der Waals surface area contributed by atoms with Crippen LogP contribution in [0.2, 0.25) is 0 Å². The Balaban J connectivity index is 1.60. The van der Waals surface area contributed by atoms with Gasteiger partial charge in [-0.15, -0.1) is 5.10 Å². The van der Waals surface area contributed by atoms with E-state index in [1.807, 2.05) is 35.1 Å². The largest absolute Gasteiger partial charge is 0.383 e. The third-order valence-corrected chi connectivity index (χ3v) is 3.88. The normalized spacial score (nSPS) is 20.2. The molecule has 8 nitrogen and oxygen atoms in total. The molecule has 2 unspecified atom stereocenters. The van der Waals surface area contributed by atoms with Gasteiger partial charge in [-0.25, -0.2) is 0 Å². The van der Waals surface area contributed by atoms with Crippen molar-refractivity contribution in [3.8, 4) is 11.3 Å². The number of hydrogen-bond donors (Lipinski definition) is 3. The first kappa shape index (κ1) is 16.6. The predicted octanol–water partition coefficient (Wildman–Crippen LogP) is 0.785. The average molecular weight is 330 g/mol. The van der Waals surface area contributed by atoms with Gasteiger partial charge < -0.3 is 10.1 Å². The van der Waals surface area contributed by atoms with Crippen molar-refractivity contribution in [3.63, 3.8) is 0 Å². The van der Waals surface area contributed by atoms with Crippen LogP contribution in [0.5, 0.6) is 0 Å². The van der Waals surface area contributed by atoms with Gasteiger partial charge in [-0.05, 0) is 18.6 Å². The van der Waals surface area contributed by atoms with Crippen molar-refractivity contribution in [1.29, 1.82) is 0 Å². The number of carbonyl (C=O) groups is 1. The Morgan fingerprint density at radius 3 is 2.79 bits per heavy atom. The molecule has 0 spiro atoms. The van der Waals surface area contributed by atoms with Crippen LogP contribution >= 0.6 is 0 Å². The zero-order valence-electron chi connectivity index (χ0n) is 13.8. The summed E-state index contributed by atoms with van der Waals surface area (Å²) in [5, 5.41) is 11.2. The average Bonchev–Trinajstić information content (AvgIpc) is 3.18. The van der Waals surface area contributed by atoms with Crippen molar-refractivity contribution in [3.05, 3.63) is 30.5 Å². The maximum Gasteiger partial charge on any atom is 0.221 e. The Morgan fingerprint density at radius 2 is 2.08 bits per heavy atom. The number of amides is 1. The molecule has 2 aromatic rings. The maximum absolute atomic E-state index is 11.0. The highest BCUT2D eigenvalue weighted by molar-refractivity contribution is 5.88. The topological polar surface area (TPSA) is 93.1 Å². The molecule has 0 bridgehead atoms. The molecule has 0 aliphatic carbocycles. The molecule has 8 heteroatoms. The van der Waals surface area contributed by atoms with Crippen LogP contribution in [0.25, 0.3) is 11.3 Å². The van der Waals surface area contributed by atoms with Crippen LogP contribution < -0.4 is 16.2 Å². The van der Waals surface area contributed by atoms with Crippen molar-refractivity contribution < 1.29 is 9.53 Å². The van der Waals surface area contributed by atoms with Gasteiger partial charge >= 0.3 is 0 Å². The maximum atomic E-state index is 11.0. The monoisotopic (exact) mass is 330 g/mol. The molecule has 1 aromatic heterocycles. The van der Waals surface area contributed by atoms with Crippen molar-refractivity contribution >= 4 is 11.6 Å². The van der Waals surface area contributed by atoms with E-state index in [-0.39, 0.29) is 5.91 Å². The lowest BCUT2D eigenvalue weighted by Crippen LogP contribution is -2.36. The molecule has 24 heavy (non-hydrogen) atoms. The van der Waals surface area contributed by atoms with Crippen molar-refractivity contribution in [2.45, 2.75) is 32.0 Å². The van der Waals surface area contributed by atoms with Crippen LogP contribution in [0.3, 0.4) is 0 Å². The number of nitrogens with zero attached hydrogens (tertiary/aromatic N) is 3. The van der Waals surface area contributed by atoms with Crippen LogP contribution in [0.1, 0.15) is 13.3 Å². The van der Waals surface area contributed by atoms with Crippen LogP contribution in [-0.4, -0.2) is 46.7 Å². The Hall–Kier alpha value is -2.29. The first-order valence-electron chi connectivity index (χ1n) is 7.92. The summed E-state index contributed by atoms with van der Waals surface area (Å²) in [7, 11) is 1.70. The third kappa shape index (κ3) is 4.16. The van der Waals surface area contributed by atoms with E-state index in [4.69, 9.17) is 4.74 Å². The summed E-state index contributed by atoms with van der Waals surface area (Å²) in [6.07, 6.45) is 2.91. The van der Waals surface area contributed by atoms with E-state index in [9.17, 15) is 4.79 Å². The number of nitrogens with one attached hydrogen (secondary N) is 3. The zero-order valence-corrected chi connectivity index (χ0v) is 13.8. The van der Waals surface area contributed by atoms with Gasteiger partial charge in [0.05, 0.1) is 19.3 Å². The Kier molecular flexibility index (Phi) is 5.19. The predicted molar refractivity (Wildman–Crippen MR) is 90.1 cm³/mol. The summed E-state index contributed by atoms with van der Waals surface area (Å²) in [5.74, 6) is -0.0851. The first-order chi connectivity index (χ1) is 11.6. The number of anilines is 1. The third-order valence-electron chi connectivity index (χ3n) is 3.88. The van der Waals surface area contributed by atoms with Crippen LogP contribution in [0.4, 0.5) is 5.69 Å². The minimum atomic E-state index is -0.0851. The second kappa shape index (κ2) is 7.52. The minimum Gasteiger partial charge on any atom is -0.383 e. The zero-order chi connectivity index (χ0) is 16.9. The molecule has 2 atom stereocenters. The molecule has 1 saturated heterocycles. The smallest absolute Gasteiger partial charge is 0.221 e. The fraction of sp³-hybridized carbons (Fsp3) is 0.438. The second-order valence-electron chi connectivity index (χ2n) is 5.96. The molecular weight excluding hydrogens is 308 g/mol. The van der Waals surface area contributed by atoms with E-state index in [0.29, 0.717) is 18.7 Å². The van der Waals surface area contributed by atoms with Crippen LogP contribution in [-0.2, 0) is 16.1 Å². The highest BCUT2D eigenvalue weighted by Gasteiger charge is 2.24. The van der Waals surface area contributed by atoms with Gasteiger partial charge in [0.25, 0.3) is 0 Å². The molecule has 1 aromatic carbocycles. The Labute approximate surface area is 140 Å². The number of benzene rings is 1. The van der Waals surface area contributed by atoms with E-state index < -0.39 is 0 Å². The number of rotatable bonds is 6. The Morgan fingerprint density at radius 1 is 1.33 bits per heavy atom. The number of methoxy groups -OCH3 is 1. The van der Waals surface area contributed by atoms with E-state index >= 15 is 0 Å². The number of hydrogen-bond acceptors (Lipinski definition) is 6. The highest BCUT2D eigenvalue weighted by Crippen LogP contribution is 2.19. The van der Waals surface area contributed by atoms with Gasteiger partial charge in [-0.1, -0.05) is 17.3 Å². The molecule has 2 heterocycles. The molecule has 1 fully saturated rings. The van der Waals surface area contributed by atoms with E-state index in [2.05, 4.69) is 26.5 Å².